The molecule has 1 unspecified atom stereocenters. The third-order valence-electron chi connectivity index (χ3n) is 2.74. The van der Waals surface area contributed by atoms with Crippen LogP contribution in [0.3, 0.4) is 0 Å². The van der Waals surface area contributed by atoms with Crippen LogP contribution >= 0.6 is 11.3 Å². The predicted molar refractivity (Wildman–Crippen MR) is 80.3 cm³/mol. The lowest BCUT2D eigenvalue weighted by Crippen LogP contribution is -2.14. The first kappa shape index (κ1) is 13.8. The van der Waals surface area contributed by atoms with E-state index in [1.54, 1.807) is 11.3 Å². The molecule has 102 valence electrons. The van der Waals surface area contributed by atoms with Gasteiger partial charge in [0.2, 0.25) is 0 Å². The Kier molecular flexibility index (Phi) is 4.34. The Labute approximate surface area is 117 Å². The van der Waals surface area contributed by atoms with Crippen molar-refractivity contribution in [3.63, 3.8) is 0 Å². The van der Waals surface area contributed by atoms with E-state index in [1.807, 2.05) is 12.1 Å². The van der Waals surface area contributed by atoms with Crippen molar-refractivity contribution in [2.45, 2.75) is 32.7 Å². The Balaban J connectivity index is 2.21. The molecule has 0 radical (unpaired) electrons. The molecule has 0 spiro atoms. The lowest BCUT2D eigenvalue weighted by Gasteiger charge is -2.15. The molecule has 0 bridgehead atoms. The second-order valence-corrected chi connectivity index (χ2v) is 5.66. The first-order valence-electron chi connectivity index (χ1n) is 6.25. The molecule has 1 atom stereocenters. The van der Waals surface area contributed by atoms with E-state index < -0.39 is 0 Å². The highest BCUT2D eigenvalue weighted by Crippen LogP contribution is 2.24. The fourth-order valence-corrected chi connectivity index (χ4v) is 2.44. The molecule has 19 heavy (non-hydrogen) atoms. The van der Waals surface area contributed by atoms with Crippen molar-refractivity contribution < 1.29 is 0 Å². The molecule has 2 aromatic heterocycles. The van der Waals surface area contributed by atoms with Crippen LogP contribution in [0.2, 0.25) is 0 Å². The molecule has 5 nitrogen and oxygen atoms in total. The first-order chi connectivity index (χ1) is 9.10. The molecular weight excluding hydrogens is 258 g/mol. The number of hydrazine groups is 1. The highest BCUT2D eigenvalue weighted by Gasteiger charge is 2.11. The van der Waals surface area contributed by atoms with Crippen molar-refractivity contribution >= 4 is 23.0 Å². The molecule has 0 aliphatic heterocycles. The van der Waals surface area contributed by atoms with E-state index in [4.69, 9.17) is 5.84 Å². The molecule has 0 saturated carbocycles. The number of hydrogen-bond acceptors (Lipinski definition) is 6. The van der Waals surface area contributed by atoms with Crippen LogP contribution in [0, 0.1) is 0 Å². The third kappa shape index (κ3) is 3.42. The molecule has 0 aliphatic rings. The summed E-state index contributed by atoms with van der Waals surface area (Å²) in [6.07, 6.45) is 0. The van der Waals surface area contributed by atoms with Gasteiger partial charge in [-0.25, -0.2) is 15.8 Å². The molecule has 4 N–H and O–H groups in total. The van der Waals surface area contributed by atoms with Crippen LogP contribution in [-0.2, 0) is 0 Å². The molecule has 0 saturated heterocycles. The Morgan fingerprint density at radius 2 is 1.95 bits per heavy atom. The van der Waals surface area contributed by atoms with Crippen molar-refractivity contribution in [1.82, 2.24) is 9.97 Å². The molecule has 0 fully saturated rings. The first-order valence-corrected chi connectivity index (χ1v) is 7.13. The minimum atomic E-state index is 0.209. The van der Waals surface area contributed by atoms with Crippen LogP contribution in [0.15, 0.2) is 23.6 Å². The lowest BCUT2D eigenvalue weighted by atomic mass is 10.2. The molecule has 2 heterocycles. The zero-order valence-corrected chi connectivity index (χ0v) is 12.2. The minimum Gasteiger partial charge on any atom is -0.363 e. The molecule has 0 amide bonds. The van der Waals surface area contributed by atoms with Crippen molar-refractivity contribution in [3.05, 3.63) is 34.3 Å². The Morgan fingerprint density at radius 3 is 2.53 bits per heavy atom. The van der Waals surface area contributed by atoms with E-state index in [0.717, 1.165) is 11.6 Å². The largest absolute Gasteiger partial charge is 0.363 e. The monoisotopic (exact) mass is 277 g/mol. The topological polar surface area (TPSA) is 75.9 Å². The van der Waals surface area contributed by atoms with Gasteiger partial charge in [-0.2, -0.15) is 0 Å². The molecule has 6 heteroatoms. The summed E-state index contributed by atoms with van der Waals surface area (Å²) in [6, 6.07) is 6.18. The van der Waals surface area contributed by atoms with Crippen molar-refractivity contribution in [2.75, 3.05) is 10.7 Å². The van der Waals surface area contributed by atoms with Gasteiger partial charge < -0.3 is 10.7 Å². The summed E-state index contributed by atoms with van der Waals surface area (Å²) in [4.78, 5) is 10.1. The smallest absolute Gasteiger partial charge is 0.145 e. The van der Waals surface area contributed by atoms with E-state index in [1.165, 1.54) is 4.88 Å². The van der Waals surface area contributed by atoms with Crippen LogP contribution in [0.4, 0.5) is 11.6 Å². The fourth-order valence-electron chi connectivity index (χ4n) is 1.70. The number of nitrogens with one attached hydrogen (secondary N) is 2. The van der Waals surface area contributed by atoms with E-state index in [0.29, 0.717) is 5.82 Å². The number of anilines is 2. The maximum Gasteiger partial charge on any atom is 0.145 e. The van der Waals surface area contributed by atoms with Gasteiger partial charge in [0.1, 0.15) is 17.5 Å². The molecule has 2 rings (SSSR count). The zero-order chi connectivity index (χ0) is 13.8. The van der Waals surface area contributed by atoms with E-state index in [2.05, 4.69) is 52.9 Å². The number of nitrogen functional groups attached to an aromatic ring is 1. The summed E-state index contributed by atoms with van der Waals surface area (Å²) < 4.78 is 0. The number of rotatable bonds is 5. The second-order valence-electron chi connectivity index (χ2n) is 4.68. The number of thiophene rings is 1. The number of aromatic nitrogens is 2. The zero-order valence-electron chi connectivity index (χ0n) is 11.3. The lowest BCUT2D eigenvalue weighted by molar-refractivity contribution is 0.770. The van der Waals surface area contributed by atoms with Crippen LogP contribution < -0.4 is 16.6 Å². The van der Waals surface area contributed by atoms with Gasteiger partial charge in [-0.15, -0.1) is 11.3 Å². The van der Waals surface area contributed by atoms with Gasteiger partial charge in [0, 0.05) is 16.9 Å². The molecule has 2 aromatic rings. The molecule has 0 aliphatic carbocycles. The van der Waals surface area contributed by atoms with Gasteiger partial charge in [-0.05, 0) is 18.4 Å². The van der Waals surface area contributed by atoms with E-state index >= 15 is 0 Å². The van der Waals surface area contributed by atoms with Gasteiger partial charge in [0.25, 0.3) is 0 Å². The summed E-state index contributed by atoms with van der Waals surface area (Å²) >= 11 is 1.72. The minimum absolute atomic E-state index is 0.209. The number of hydrogen-bond donors (Lipinski definition) is 3. The van der Waals surface area contributed by atoms with Crippen LogP contribution in [0.25, 0.3) is 0 Å². The second kappa shape index (κ2) is 5.99. The average molecular weight is 277 g/mol. The maximum atomic E-state index is 5.45. The van der Waals surface area contributed by atoms with Crippen LogP contribution in [0.1, 0.15) is 43.4 Å². The van der Waals surface area contributed by atoms with E-state index in [-0.39, 0.29) is 12.0 Å². The summed E-state index contributed by atoms with van der Waals surface area (Å²) in [5.74, 6) is 7.89. The van der Waals surface area contributed by atoms with Crippen molar-refractivity contribution in [1.29, 1.82) is 0 Å². The molecular formula is C13H19N5S. The number of nitrogens with two attached hydrogens (primary N) is 1. The predicted octanol–water partition coefficient (Wildman–Crippen LogP) is 3.12. The van der Waals surface area contributed by atoms with Gasteiger partial charge in [-0.3, -0.25) is 0 Å². The third-order valence-corrected chi connectivity index (χ3v) is 3.80. The average Bonchev–Trinajstić information content (AvgIpc) is 2.92. The van der Waals surface area contributed by atoms with Crippen molar-refractivity contribution in [3.8, 4) is 0 Å². The van der Waals surface area contributed by atoms with Crippen molar-refractivity contribution in [2.24, 2.45) is 5.84 Å². The maximum absolute atomic E-state index is 5.45. The van der Waals surface area contributed by atoms with Gasteiger partial charge >= 0.3 is 0 Å². The Hall–Kier alpha value is -1.66. The van der Waals surface area contributed by atoms with Crippen LogP contribution in [-0.4, -0.2) is 9.97 Å². The van der Waals surface area contributed by atoms with Crippen LogP contribution in [0.5, 0.6) is 0 Å². The quantitative estimate of drug-likeness (QED) is 0.578. The Morgan fingerprint density at radius 1 is 1.21 bits per heavy atom. The summed E-state index contributed by atoms with van der Waals surface area (Å²) in [5, 5.41) is 5.45. The van der Waals surface area contributed by atoms with Gasteiger partial charge in [0.15, 0.2) is 0 Å². The standard InChI is InChI=1S/C13H19N5S/c1-8(2)13-16-11(7-12(17-13)18-14)15-9(3)10-5-4-6-19-10/h4-9H,14H2,1-3H3,(H2,15,16,17,18). The molecule has 0 aromatic carbocycles. The normalized spacial score (nSPS) is 12.5. The highest BCUT2D eigenvalue weighted by atomic mass is 32.1. The number of nitrogens with zero attached hydrogens (tertiary/aromatic N) is 2. The summed E-state index contributed by atoms with van der Waals surface area (Å²) in [7, 11) is 0. The van der Waals surface area contributed by atoms with Gasteiger partial charge in [-0.1, -0.05) is 19.9 Å². The summed E-state index contributed by atoms with van der Waals surface area (Å²) in [6.45, 7) is 6.22. The van der Waals surface area contributed by atoms with Gasteiger partial charge in [0.05, 0.1) is 6.04 Å². The SMILES string of the molecule is CC(C)c1nc(NN)cc(NC(C)c2cccs2)n1. The highest BCUT2D eigenvalue weighted by molar-refractivity contribution is 7.10. The van der Waals surface area contributed by atoms with E-state index in [9.17, 15) is 0 Å². The fraction of sp³-hybridized carbons (Fsp3) is 0.385. The summed E-state index contributed by atoms with van der Waals surface area (Å²) in [5.41, 5.74) is 2.58. The Bertz CT molecular complexity index is 524.